The lowest BCUT2D eigenvalue weighted by atomic mass is 9.99. The zero-order valence-electron chi connectivity index (χ0n) is 32.8. The van der Waals surface area contributed by atoms with E-state index in [0.717, 1.165) is 80.3 Å². The number of rotatable bonds is 16. The molecule has 312 valence electrons. The van der Waals surface area contributed by atoms with Gasteiger partial charge in [0.05, 0.1) is 32.8 Å². The molecule has 13 nitrogen and oxygen atoms in total. The highest BCUT2D eigenvalue weighted by Gasteiger charge is 2.26. The number of fused-ring (bicyclic) bond motifs is 1. The molecule has 0 spiro atoms. The average Bonchev–Trinajstić information content (AvgIpc) is 3.79. The van der Waals surface area contributed by atoms with E-state index in [1.807, 2.05) is 41.8 Å². The van der Waals surface area contributed by atoms with Gasteiger partial charge in [-0.3, -0.25) is 24.6 Å². The van der Waals surface area contributed by atoms with Crippen molar-refractivity contribution in [1.82, 2.24) is 19.8 Å². The quantitative estimate of drug-likeness (QED) is 0.0548. The Morgan fingerprint density at radius 2 is 1.70 bits per heavy atom. The highest BCUT2D eigenvalue weighted by Crippen LogP contribution is 2.33. The van der Waals surface area contributed by atoms with Crippen LogP contribution >= 0.6 is 34.7 Å². The fourth-order valence-electron chi connectivity index (χ4n) is 7.54. The first-order valence-corrected chi connectivity index (χ1v) is 23.5. The molecule has 0 saturated carbocycles. The molecule has 0 amide bonds. The fourth-order valence-corrected chi connectivity index (χ4v) is 10.6. The predicted octanol–water partition coefficient (Wildman–Crippen LogP) is 8.34. The normalized spacial score (nSPS) is 15.8. The molecule has 4 heterocycles. The van der Waals surface area contributed by atoms with E-state index >= 15 is 0 Å². The van der Waals surface area contributed by atoms with E-state index in [1.54, 1.807) is 23.1 Å². The van der Waals surface area contributed by atoms with Crippen molar-refractivity contribution in [3.05, 3.63) is 129 Å². The van der Waals surface area contributed by atoms with Gasteiger partial charge in [0.15, 0.2) is 5.82 Å². The average molecular weight is 886 g/mol. The standard InChI is InChI=1S/C43H45ClN8O5S3/c44-33-9-7-31(8-10-33)37-5-2-1-4-32(37)28-50-17-19-51(20-18-50)35-11-13-38-40(26-35)45-30-46-43(38)48-60(55,56)36-12-14-39(41(27-36)52(53)54)47-34(29-59-42-6-3-25-58-42)15-16-49-21-23-57-24-22-49/h1-14,25-27,30,34,47H,15-24,28-29H2,(H,45,46,48)/t34-/m1/s1. The zero-order valence-corrected chi connectivity index (χ0v) is 36.0. The lowest BCUT2D eigenvalue weighted by Gasteiger charge is -2.36. The summed E-state index contributed by atoms with van der Waals surface area (Å²) in [7, 11) is -4.27. The topological polar surface area (TPSA) is 146 Å². The summed E-state index contributed by atoms with van der Waals surface area (Å²) in [6, 6.07) is 30.0. The first-order valence-electron chi connectivity index (χ1n) is 19.8. The lowest BCUT2D eigenvalue weighted by molar-refractivity contribution is -0.384. The first kappa shape index (κ1) is 41.9. The van der Waals surface area contributed by atoms with Crippen molar-refractivity contribution in [3.8, 4) is 11.1 Å². The molecule has 2 aliphatic rings. The molecule has 0 bridgehead atoms. The minimum atomic E-state index is -4.27. The van der Waals surface area contributed by atoms with E-state index in [2.05, 4.69) is 77.2 Å². The summed E-state index contributed by atoms with van der Waals surface area (Å²) in [5.74, 6) is 0.776. The van der Waals surface area contributed by atoms with Gasteiger partial charge in [-0.05, 0) is 77.0 Å². The van der Waals surface area contributed by atoms with Crippen LogP contribution in [0.3, 0.4) is 0 Å². The molecule has 60 heavy (non-hydrogen) atoms. The molecule has 0 aliphatic carbocycles. The van der Waals surface area contributed by atoms with Crippen LogP contribution in [0, 0.1) is 10.1 Å². The van der Waals surface area contributed by atoms with Gasteiger partial charge in [0, 0.05) is 86.3 Å². The lowest BCUT2D eigenvalue weighted by Crippen LogP contribution is -2.46. The Balaban J connectivity index is 0.932. The number of nitrogens with one attached hydrogen (secondary N) is 2. The van der Waals surface area contributed by atoms with Crippen molar-refractivity contribution in [2.45, 2.75) is 28.1 Å². The van der Waals surface area contributed by atoms with Crippen LogP contribution < -0.4 is 14.9 Å². The molecule has 4 aromatic carbocycles. The van der Waals surface area contributed by atoms with Crippen LogP contribution in [0.15, 0.2) is 118 Å². The number of thioether (sulfide) groups is 1. The van der Waals surface area contributed by atoms with Gasteiger partial charge in [-0.1, -0.05) is 54.1 Å². The minimum absolute atomic E-state index is 0.0920. The molecule has 2 aliphatic heterocycles. The number of morpholine rings is 1. The highest BCUT2D eigenvalue weighted by atomic mass is 35.5. The van der Waals surface area contributed by atoms with Gasteiger partial charge in [-0.2, -0.15) is 0 Å². The summed E-state index contributed by atoms with van der Waals surface area (Å²) < 4.78 is 36.8. The number of piperazine rings is 1. The molecule has 1 atom stereocenters. The third kappa shape index (κ3) is 10.4. The van der Waals surface area contributed by atoms with Crippen molar-refractivity contribution in [1.29, 1.82) is 0 Å². The second kappa shape index (κ2) is 19.3. The van der Waals surface area contributed by atoms with E-state index in [9.17, 15) is 18.5 Å². The van der Waals surface area contributed by atoms with Gasteiger partial charge in [-0.25, -0.2) is 18.4 Å². The van der Waals surface area contributed by atoms with Gasteiger partial charge >= 0.3 is 0 Å². The molecular weight excluding hydrogens is 840 g/mol. The number of sulfonamides is 1. The number of nitrogens with zero attached hydrogens (tertiary/aromatic N) is 6. The second-order valence-electron chi connectivity index (χ2n) is 14.7. The van der Waals surface area contributed by atoms with E-state index in [0.29, 0.717) is 34.9 Å². The molecular formula is C43H45ClN8O5S3. The second-order valence-corrected chi connectivity index (χ2v) is 19.1. The molecule has 8 rings (SSSR count). The van der Waals surface area contributed by atoms with Crippen LogP contribution in [0.25, 0.3) is 22.0 Å². The number of benzene rings is 4. The van der Waals surface area contributed by atoms with Crippen LogP contribution in [-0.2, 0) is 21.3 Å². The monoisotopic (exact) mass is 884 g/mol. The van der Waals surface area contributed by atoms with Crippen LogP contribution in [-0.4, -0.2) is 104 Å². The summed E-state index contributed by atoms with van der Waals surface area (Å²) in [6.07, 6.45) is 2.07. The van der Waals surface area contributed by atoms with Crippen LogP contribution in [0.4, 0.5) is 22.9 Å². The molecule has 0 unspecified atom stereocenters. The van der Waals surface area contributed by atoms with Crippen molar-refractivity contribution in [3.63, 3.8) is 0 Å². The Bertz CT molecular complexity index is 2520. The number of nitro benzene ring substituents is 1. The van der Waals surface area contributed by atoms with Crippen LogP contribution in [0.1, 0.15) is 12.0 Å². The van der Waals surface area contributed by atoms with Gasteiger partial charge in [0.25, 0.3) is 15.7 Å². The van der Waals surface area contributed by atoms with Crippen molar-refractivity contribution in [2.24, 2.45) is 0 Å². The third-order valence-corrected chi connectivity index (χ3v) is 14.7. The summed E-state index contributed by atoms with van der Waals surface area (Å²) in [4.78, 5) is 27.4. The largest absolute Gasteiger partial charge is 0.379 e. The molecule has 2 saturated heterocycles. The van der Waals surface area contributed by atoms with E-state index in [4.69, 9.17) is 16.3 Å². The van der Waals surface area contributed by atoms with Crippen molar-refractivity contribution >= 4 is 78.5 Å². The number of anilines is 3. The molecule has 2 aromatic heterocycles. The summed E-state index contributed by atoms with van der Waals surface area (Å²) >= 11 is 9.49. The van der Waals surface area contributed by atoms with Crippen LogP contribution in [0.2, 0.25) is 5.02 Å². The number of halogens is 1. The Morgan fingerprint density at radius 1 is 0.900 bits per heavy atom. The summed E-state index contributed by atoms with van der Waals surface area (Å²) in [5.41, 5.74) is 5.10. The molecule has 2 fully saturated rings. The number of nitro groups is 1. The van der Waals surface area contributed by atoms with Gasteiger partial charge in [0.2, 0.25) is 0 Å². The van der Waals surface area contributed by atoms with Crippen LogP contribution in [0.5, 0.6) is 0 Å². The molecule has 2 N–H and O–H groups in total. The number of aromatic nitrogens is 2. The Kier molecular flexibility index (Phi) is 13.5. The minimum Gasteiger partial charge on any atom is -0.379 e. The maximum absolute atomic E-state index is 13.8. The van der Waals surface area contributed by atoms with E-state index in [-0.39, 0.29) is 28.1 Å². The maximum atomic E-state index is 13.8. The fraction of sp³-hybridized carbons (Fsp3) is 0.302. The van der Waals surface area contributed by atoms with E-state index in [1.165, 1.54) is 29.6 Å². The number of thiophene rings is 1. The number of ether oxygens (including phenoxy) is 1. The molecule has 17 heteroatoms. The van der Waals surface area contributed by atoms with Gasteiger partial charge < -0.3 is 15.0 Å². The number of hydrogen-bond donors (Lipinski definition) is 2. The first-order chi connectivity index (χ1) is 29.2. The maximum Gasteiger partial charge on any atom is 0.293 e. The van der Waals surface area contributed by atoms with Crippen molar-refractivity contribution in [2.75, 3.05) is 79.7 Å². The third-order valence-electron chi connectivity index (χ3n) is 10.8. The Morgan fingerprint density at radius 3 is 2.47 bits per heavy atom. The SMILES string of the molecule is O=[N+]([O-])c1cc(S(=O)(=O)Nc2ncnc3cc(N4CCN(Cc5ccccc5-c5ccc(Cl)cc5)CC4)ccc23)ccc1N[C@H](CCN1CCOCC1)CSc1cccs1. The molecule has 6 aromatic rings. The Hall–Kier alpha value is -4.81. The van der Waals surface area contributed by atoms with Crippen molar-refractivity contribution < 1.29 is 18.1 Å². The molecule has 0 radical (unpaired) electrons. The zero-order chi connectivity index (χ0) is 41.5. The number of hydrogen-bond acceptors (Lipinski definition) is 13. The van der Waals surface area contributed by atoms with Gasteiger partial charge in [-0.15, -0.1) is 23.1 Å². The predicted molar refractivity (Wildman–Crippen MR) is 242 cm³/mol. The highest BCUT2D eigenvalue weighted by molar-refractivity contribution is 8.01. The Labute approximate surface area is 362 Å². The van der Waals surface area contributed by atoms with E-state index < -0.39 is 14.9 Å². The summed E-state index contributed by atoms with van der Waals surface area (Å²) in [6.45, 7) is 8.05. The van der Waals surface area contributed by atoms with Gasteiger partial charge in [0.1, 0.15) is 12.0 Å². The smallest absolute Gasteiger partial charge is 0.293 e. The summed E-state index contributed by atoms with van der Waals surface area (Å²) in [5, 5.41) is 19.0.